The molecule has 0 saturated carbocycles. The molecule has 5 N–H and O–H groups in total. The Bertz CT molecular complexity index is 756. The van der Waals surface area contributed by atoms with Crippen molar-refractivity contribution in [3.8, 4) is 5.88 Å². The Morgan fingerprint density at radius 1 is 1.52 bits per heavy atom. The Morgan fingerprint density at radius 2 is 2.40 bits per heavy atom. The highest BCUT2D eigenvalue weighted by atomic mass is 32.2. The van der Waals surface area contributed by atoms with Gasteiger partial charge in [0.1, 0.15) is 12.4 Å². The van der Waals surface area contributed by atoms with E-state index >= 15 is 0 Å². The van der Waals surface area contributed by atoms with Crippen molar-refractivity contribution in [2.24, 2.45) is 10.1 Å². The van der Waals surface area contributed by atoms with Gasteiger partial charge in [-0.3, -0.25) is 20.8 Å². The van der Waals surface area contributed by atoms with Crippen LogP contribution in [0.15, 0.2) is 27.8 Å². The lowest BCUT2D eigenvalue weighted by atomic mass is 10.1. The van der Waals surface area contributed by atoms with Crippen LogP contribution in [0.2, 0.25) is 0 Å². The van der Waals surface area contributed by atoms with Gasteiger partial charge >= 0.3 is 0 Å². The van der Waals surface area contributed by atoms with Crippen molar-refractivity contribution in [1.82, 2.24) is 20.5 Å². The maximum Gasteiger partial charge on any atom is 0.287 e. The number of nitrogens with one attached hydrogen (secondary N) is 2. The molecular weight excluding hydrogens is 351 g/mol. The van der Waals surface area contributed by atoms with Crippen molar-refractivity contribution < 1.29 is 19.0 Å². The van der Waals surface area contributed by atoms with E-state index in [1.54, 1.807) is 6.07 Å². The molecule has 0 radical (unpaired) electrons. The number of hydroxylamine groups is 1. The lowest BCUT2D eigenvalue weighted by molar-refractivity contribution is 0.232. The Kier molecular flexibility index (Phi) is 5.81. The number of nitrogens with two attached hydrogens (primary N) is 1. The SMILES string of the molecule is NSNCCOc1nonc1C(=NC1CCc2ccc(F)cc21)NO. The summed E-state index contributed by atoms with van der Waals surface area (Å²) in [5, 5.41) is 22.0. The molecule has 0 spiro atoms. The predicted molar refractivity (Wildman–Crippen MR) is 88.5 cm³/mol. The number of ether oxygens (including phenoxy) is 1. The van der Waals surface area contributed by atoms with Gasteiger partial charge in [-0.2, -0.15) is 0 Å². The first-order chi connectivity index (χ1) is 12.2. The predicted octanol–water partition coefficient (Wildman–Crippen LogP) is 1.11. The highest BCUT2D eigenvalue weighted by Gasteiger charge is 2.25. The summed E-state index contributed by atoms with van der Waals surface area (Å²) < 4.78 is 26.4. The fourth-order valence-electron chi connectivity index (χ4n) is 2.65. The third-order valence-corrected chi connectivity index (χ3v) is 4.12. The average Bonchev–Trinajstić information content (AvgIpc) is 3.23. The minimum atomic E-state index is -0.322. The van der Waals surface area contributed by atoms with E-state index in [1.807, 2.05) is 5.48 Å². The topological polar surface area (TPSA) is 131 Å². The third kappa shape index (κ3) is 4.07. The minimum absolute atomic E-state index is 0.0412. The van der Waals surface area contributed by atoms with Gasteiger partial charge in [0.05, 0.1) is 6.04 Å². The highest BCUT2D eigenvalue weighted by molar-refractivity contribution is 7.95. The Balaban J connectivity index is 1.79. The number of nitrogens with zero attached hydrogens (tertiary/aromatic N) is 3. The summed E-state index contributed by atoms with van der Waals surface area (Å²) in [5.41, 5.74) is 3.95. The first-order valence-electron chi connectivity index (χ1n) is 7.53. The Hall–Kier alpha value is -2.21. The van der Waals surface area contributed by atoms with E-state index in [-0.39, 0.29) is 35.9 Å². The van der Waals surface area contributed by atoms with Gasteiger partial charge < -0.3 is 4.74 Å². The number of amidine groups is 1. The Morgan fingerprint density at radius 3 is 3.20 bits per heavy atom. The van der Waals surface area contributed by atoms with Crippen LogP contribution in [0.1, 0.15) is 29.3 Å². The smallest absolute Gasteiger partial charge is 0.287 e. The van der Waals surface area contributed by atoms with Crippen molar-refractivity contribution in [3.05, 3.63) is 40.8 Å². The van der Waals surface area contributed by atoms with E-state index in [2.05, 4.69) is 24.7 Å². The number of aliphatic imine (C=N–C) groups is 1. The Labute approximate surface area is 147 Å². The van der Waals surface area contributed by atoms with Gasteiger partial charge in [0.25, 0.3) is 5.88 Å². The molecule has 0 fully saturated rings. The van der Waals surface area contributed by atoms with Crippen LogP contribution >= 0.6 is 12.1 Å². The molecule has 9 nitrogen and oxygen atoms in total. The third-order valence-electron chi connectivity index (χ3n) is 3.75. The maximum absolute atomic E-state index is 13.5. The summed E-state index contributed by atoms with van der Waals surface area (Å²) >= 11 is 0.974. The summed E-state index contributed by atoms with van der Waals surface area (Å²) in [6.07, 6.45) is 1.48. The van der Waals surface area contributed by atoms with E-state index in [9.17, 15) is 9.60 Å². The van der Waals surface area contributed by atoms with E-state index in [1.165, 1.54) is 12.1 Å². The molecule has 2 aromatic rings. The molecule has 1 unspecified atom stereocenters. The summed E-state index contributed by atoms with van der Waals surface area (Å²) in [6, 6.07) is 4.33. The second kappa shape index (κ2) is 8.25. The van der Waals surface area contributed by atoms with Crippen molar-refractivity contribution in [2.75, 3.05) is 13.2 Å². The maximum atomic E-state index is 13.5. The molecule has 3 rings (SSSR count). The molecule has 1 heterocycles. The van der Waals surface area contributed by atoms with E-state index < -0.39 is 0 Å². The quantitative estimate of drug-likeness (QED) is 0.187. The average molecular weight is 368 g/mol. The number of aryl methyl sites for hydroxylation is 1. The van der Waals surface area contributed by atoms with Gasteiger partial charge in [0, 0.05) is 18.7 Å². The van der Waals surface area contributed by atoms with Crippen LogP contribution in [0.25, 0.3) is 0 Å². The van der Waals surface area contributed by atoms with Gasteiger partial charge in [-0.1, -0.05) is 6.07 Å². The fourth-order valence-corrected chi connectivity index (χ4v) is 2.85. The summed E-state index contributed by atoms with van der Waals surface area (Å²) in [4.78, 5) is 4.43. The van der Waals surface area contributed by atoms with Crippen molar-refractivity contribution >= 4 is 18.0 Å². The molecule has 1 aromatic heterocycles. The van der Waals surface area contributed by atoms with Gasteiger partial charge in [-0.25, -0.2) is 13.7 Å². The van der Waals surface area contributed by atoms with E-state index in [0.717, 1.165) is 29.7 Å². The van der Waals surface area contributed by atoms with Crippen LogP contribution in [0.3, 0.4) is 0 Å². The van der Waals surface area contributed by atoms with Crippen molar-refractivity contribution in [2.45, 2.75) is 18.9 Å². The molecule has 1 aromatic carbocycles. The number of benzene rings is 1. The summed E-state index contributed by atoms with van der Waals surface area (Å²) in [7, 11) is 0. The normalized spacial score (nSPS) is 16.8. The molecule has 0 saturated heterocycles. The van der Waals surface area contributed by atoms with Gasteiger partial charge in [0.15, 0.2) is 5.84 Å². The molecular formula is C14H17FN6O3S. The number of hydrogen-bond donors (Lipinski definition) is 4. The lowest BCUT2D eigenvalue weighted by Crippen LogP contribution is -2.23. The zero-order valence-electron chi connectivity index (χ0n) is 13.1. The first-order valence-corrected chi connectivity index (χ1v) is 8.41. The van der Waals surface area contributed by atoms with Gasteiger partial charge in [-0.15, -0.1) is 0 Å². The van der Waals surface area contributed by atoms with E-state index in [0.29, 0.717) is 13.0 Å². The molecule has 25 heavy (non-hydrogen) atoms. The standard InChI is InChI=1S/C14H17FN6O3S/c15-9-3-1-8-2-4-11(10(8)7-9)18-13(19-22)12-14(21-24-20-12)23-6-5-17-25-16/h1,3,7,11,17,22H,2,4-6,16H2,(H,18,19). The monoisotopic (exact) mass is 368 g/mol. The molecule has 1 aliphatic carbocycles. The number of fused-ring (bicyclic) bond motifs is 1. The van der Waals surface area contributed by atoms with Crippen LogP contribution in [-0.4, -0.2) is 34.5 Å². The molecule has 1 aliphatic rings. The van der Waals surface area contributed by atoms with Crippen molar-refractivity contribution in [1.29, 1.82) is 0 Å². The second-order valence-corrected chi connectivity index (χ2v) is 5.79. The second-order valence-electron chi connectivity index (χ2n) is 5.27. The summed E-state index contributed by atoms with van der Waals surface area (Å²) in [6.45, 7) is 0.739. The minimum Gasteiger partial charge on any atom is -0.472 e. The summed E-state index contributed by atoms with van der Waals surface area (Å²) in [5.74, 6) is -0.196. The number of aromatic nitrogens is 2. The number of hydrogen-bond acceptors (Lipinski definition) is 9. The molecule has 0 amide bonds. The van der Waals surface area contributed by atoms with Crippen LogP contribution in [-0.2, 0) is 6.42 Å². The number of halogens is 1. The molecule has 134 valence electrons. The van der Waals surface area contributed by atoms with Crippen LogP contribution in [0.4, 0.5) is 4.39 Å². The largest absolute Gasteiger partial charge is 0.472 e. The van der Waals surface area contributed by atoms with Crippen LogP contribution in [0, 0.1) is 5.82 Å². The van der Waals surface area contributed by atoms with Crippen molar-refractivity contribution in [3.63, 3.8) is 0 Å². The van der Waals surface area contributed by atoms with Crippen LogP contribution in [0.5, 0.6) is 5.88 Å². The van der Waals surface area contributed by atoms with Gasteiger partial charge in [0.2, 0.25) is 5.69 Å². The zero-order valence-corrected chi connectivity index (χ0v) is 13.9. The molecule has 0 aliphatic heterocycles. The zero-order chi connectivity index (χ0) is 17.6. The highest BCUT2D eigenvalue weighted by Crippen LogP contribution is 2.35. The lowest BCUT2D eigenvalue weighted by Gasteiger charge is -2.10. The van der Waals surface area contributed by atoms with Gasteiger partial charge in [-0.05, 0) is 46.4 Å². The van der Waals surface area contributed by atoms with E-state index in [4.69, 9.17) is 9.88 Å². The first kappa shape index (κ1) is 17.6. The van der Waals surface area contributed by atoms with Crippen LogP contribution < -0.4 is 20.1 Å². The number of rotatable bonds is 7. The molecule has 11 heteroatoms. The molecule has 0 bridgehead atoms. The molecule has 1 atom stereocenters. The fraction of sp³-hybridized carbons (Fsp3) is 0.357.